The van der Waals surface area contributed by atoms with Gasteiger partial charge in [0, 0.05) is 8.22 Å². The van der Waals surface area contributed by atoms with Crippen LogP contribution < -0.4 is 0 Å². The molecule has 0 saturated heterocycles. The van der Waals surface area contributed by atoms with E-state index in [9.17, 15) is 5.53 Å². The van der Waals surface area contributed by atoms with Gasteiger partial charge in [-0.2, -0.15) is 4.79 Å². The summed E-state index contributed by atoms with van der Waals surface area (Å²) in [7, 11) is 0. The molecule has 0 spiro atoms. The smallest absolute Gasteiger partial charge is 0.331 e. The summed E-state index contributed by atoms with van der Waals surface area (Å²) in [6, 6.07) is 17.7. The summed E-state index contributed by atoms with van der Waals surface area (Å²) in [6.07, 6.45) is 0. The second-order valence-corrected chi connectivity index (χ2v) is 6.77. The Morgan fingerprint density at radius 1 is 0.704 bits per heavy atom. The highest BCUT2D eigenvalue weighted by molar-refractivity contribution is 6.23. The Hall–Kier alpha value is -3.22. The van der Waals surface area contributed by atoms with Crippen LogP contribution in [0.15, 0.2) is 60.7 Å². The Balaban J connectivity index is 2.25. The number of benzene rings is 4. The van der Waals surface area contributed by atoms with Gasteiger partial charge in [0.2, 0.25) is 0 Å². The maximum Gasteiger partial charge on any atom is 0.331 e. The van der Waals surface area contributed by atoms with E-state index in [2.05, 4.69) is 4.79 Å². The summed E-state index contributed by atoms with van der Waals surface area (Å²) in [6.45, 7) is -1.38. The van der Waals surface area contributed by atoms with Crippen molar-refractivity contribution >= 4 is 27.3 Å². The van der Waals surface area contributed by atoms with E-state index in [-0.39, 0.29) is 28.0 Å². The zero-order valence-corrected chi connectivity index (χ0v) is 15.2. The van der Waals surface area contributed by atoms with Crippen molar-refractivity contribution in [3.8, 4) is 0 Å². The van der Waals surface area contributed by atoms with Crippen LogP contribution in [0, 0.1) is 27.6 Å². The van der Waals surface area contributed by atoms with Gasteiger partial charge in [-0.15, -0.1) is 0 Å². The first-order valence-corrected chi connectivity index (χ1v) is 8.73. The van der Waals surface area contributed by atoms with Crippen molar-refractivity contribution in [1.29, 1.82) is 0 Å². The average molecular weight is 357 g/mol. The molecule has 2 nitrogen and oxygen atoms in total. The maximum atomic E-state index is 10.3. The Labute approximate surface area is 168 Å². The van der Waals surface area contributed by atoms with Gasteiger partial charge in [-0.25, -0.2) is 0 Å². The van der Waals surface area contributed by atoms with Gasteiger partial charge in [-0.1, -0.05) is 60.7 Å². The van der Waals surface area contributed by atoms with Crippen molar-refractivity contribution in [2.45, 2.75) is 27.6 Å². The lowest BCUT2D eigenvalue weighted by molar-refractivity contribution is -0.00263. The van der Waals surface area contributed by atoms with Crippen molar-refractivity contribution in [2.24, 2.45) is 0 Å². The zero-order chi connectivity index (χ0) is 24.1. The van der Waals surface area contributed by atoms with E-state index in [0.717, 1.165) is 21.9 Å². The molecular formula is C25H22N2. The van der Waals surface area contributed by atoms with Gasteiger partial charge in [0.15, 0.2) is 0 Å². The minimum atomic E-state index is -2.51. The van der Waals surface area contributed by atoms with E-state index in [1.807, 2.05) is 38.1 Å². The largest absolute Gasteiger partial charge is 0.361 e. The highest BCUT2D eigenvalue weighted by Gasteiger charge is 2.25. The highest BCUT2D eigenvalue weighted by Crippen LogP contribution is 2.32. The van der Waals surface area contributed by atoms with E-state index in [4.69, 9.17) is 8.22 Å². The molecule has 2 heteroatoms. The van der Waals surface area contributed by atoms with Gasteiger partial charge in [0.05, 0.1) is 11.1 Å². The van der Waals surface area contributed by atoms with Crippen molar-refractivity contribution in [3.05, 3.63) is 99.6 Å². The van der Waals surface area contributed by atoms with Crippen LogP contribution in [0.2, 0.25) is 0 Å². The topological polar surface area (TPSA) is 36.4 Å². The Bertz CT molecular complexity index is 1350. The Kier molecular flexibility index (Phi) is 2.76. The standard InChI is InChI=1S/C25H22N2/c1-15-13-17(3)23(21-11-7-5-9-19(15)21)25(27-26)24-18(4)14-16(2)20-10-6-8-12-22(20)24/h5-14H,1-4H3/i3D3,4D3. The van der Waals surface area contributed by atoms with E-state index in [1.165, 1.54) is 0 Å². The third-order valence-corrected chi connectivity index (χ3v) is 5.08. The van der Waals surface area contributed by atoms with Crippen LogP contribution in [0.5, 0.6) is 0 Å². The summed E-state index contributed by atoms with van der Waals surface area (Å²) in [5.74, 6) is 0. The summed E-state index contributed by atoms with van der Waals surface area (Å²) in [4.78, 5) is 3.55. The van der Waals surface area contributed by atoms with Gasteiger partial charge >= 0.3 is 5.71 Å². The van der Waals surface area contributed by atoms with Crippen molar-refractivity contribution < 1.29 is 13.0 Å². The number of hydrogen-bond acceptors (Lipinski definition) is 0. The van der Waals surface area contributed by atoms with Gasteiger partial charge in [-0.05, 0) is 71.3 Å². The maximum absolute atomic E-state index is 10.3. The zero-order valence-electron chi connectivity index (χ0n) is 21.2. The first-order chi connectivity index (χ1) is 15.4. The van der Waals surface area contributed by atoms with E-state index < -0.39 is 13.7 Å². The number of aryl methyl sites for hydroxylation is 4. The van der Waals surface area contributed by atoms with Crippen LogP contribution in [0.1, 0.15) is 41.6 Å². The molecule has 0 bridgehead atoms. The molecule has 132 valence electrons. The monoisotopic (exact) mass is 356 g/mol. The molecule has 0 saturated carbocycles. The summed E-state index contributed by atoms with van der Waals surface area (Å²) in [5, 5.41) is 2.76. The molecule has 0 aliphatic heterocycles. The molecule has 0 aliphatic carbocycles. The SMILES string of the molecule is [2H]C([2H])([2H])c1cc(C)c2ccccc2c1C(=[N+]=[N-])c1c(C([2H])([2H])[2H])cc(C)c2ccccc12. The lowest BCUT2D eigenvalue weighted by Crippen LogP contribution is -2.11. The molecule has 0 aliphatic rings. The van der Waals surface area contributed by atoms with Crippen LogP contribution in [0.3, 0.4) is 0 Å². The molecular weight excluding hydrogens is 328 g/mol. The first kappa shape index (κ1) is 11.5. The van der Waals surface area contributed by atoms with E-state index in [1.54, 1.807) is 36.4 Å². The second-order valence-electron chi connectivity index (χ2n) is 6.77. The quantitative estimate of drug-likeness (QED) is 0.230. The van der Waals surface area contributed by atoms with Gasteiger partial charge in [0.1, 0.15) is 0 Å². The third kappa shape index (κ3) is 2.66. The Morgan fingerprint density at radius 2 is 1.11 bits per heavy atom. The predicted molar refractivity (Wildman–Crippen MR) is 114 cm³/mol. The van der Waals surface area contributed by atoms with Crippen LogP contribution in [-0.4, -0.2) is 10.5 Å². The molecule has 27 heavy (non-hydrogen) atoms. The fraction of sp³-hybridized carbons (Fsp3) is 0.160. The minimum absolute atomic E-state index is 0.00708. The van der Waals surface area contributed by atoms with E-state index in [0.29, 0.717) is 10.8 Å². The average Bonchev–Trinajstić information content (AvgIpc) is 2.75. The highest BCUT2D eigenvalue weighted by atomic mass is 14.9. The van der Waals surface area contributed by atoms with Crippen LogP contribution in [0.25, 0.3) is 27.1 Å². The lowest BCUT2D eigenvalue weighted by atomic mass is 9.86. The van der Waals surface area contributed by atoms with Crippen molar-refractivity contribution in [1.82, 2.24) is 0 Å². The fourth-order valence-electron chi connectivity index (χ4n) is 3.85. The van der Waals surface area contributed by atoms with Crippen molar-refractivity contribution in [3.63, 3.8) is 0 Å². The number of rotatable bonds is 2. The molecule has 0 aromatic heterocycles. The normalized spacial score (nSPS) is 15.2. The van der Waals surface area contributed by atoms with Gasteiger partial charge in [-0.3, -0.25) is 0 Å². The molecule has 0 unspecified atom stereocenters. The van der Waals surface area contributed by atoms with Gasteiger partial charge in [0.25, 0.3) is 0 Å². The van der Waals surface area contributed by atoms with E-state index >= 15 is 0 Å². The van der Waals surface area contributed by atoms with Crippen molar-refractivity contribution in [2.75, 3.05) is 0 Å². The minimum Gasteiger partial charge on any atom is -0.361 e. The molecule has 0 N–H and O–H groups in total. The van der Waals surface area contributed by atoms with Gasteiger partial charge < -0.3 is 5.53 Å². The second kappa shape index (κ2) is 6.50. The summed E-state index contributed by atoms with van der Waals surface area (Å²) >= 11 is 0. The predicted octanol–water partition coefficient (Wildman–Crippen LogP) is 6.29. The number of hydrogen-bond donors (Lipinski definition) is 0. The molecule has 4 aromatic rings. The molecule has 0 heterocycles. The molecule has 0 fully saturated rings. The van der Waals surface area contributed by atoms with Crippen LogP contribution in [0.4, 0.5) is 0 Å². The molecule has 0 atom stereocenters. The summed E-state index contributed by atoms with van der Waals surface area (Å²) < 4.78 is 49.1. The lowest BCUT2D eigenvalue weighted by Gasteiger charge is -2.14. The summed E-state index contributed by atoms with van der Waals surface area (Å²) in [5.41, 5.74) is 12.2. The first-order valence-electron chi connectivity index (χ1n) is 11.7. The molecule has 0 radical (unpaired) electrons. The van der Waals surface area contributed by atoms with Crippen LogP contribution >= 0.6 is 0 Å². The van der Waals surface area contributed by atoms with Crippen LogP contribution in [-0.2, 0) is 0 Å². The molecule has 0 amide bonds. The number of fused-ring (bicyclic) bond motifs is 2. The third-order valence-electron chi connectivity index (χ3n) is 5.08. The fourth-order valence-corrected chi connectivity index (χ4v) is 3.85. The Morgan fingerprint density at radius 3 is 1.48 bits per heavy atom. The molecule has 4 aromatic carbocycles. The molecule has 4 rings (SSSR count). The number of nitrogens with zero attached hydrogens (tertiary/aromatic N) is 2.